The highest BCUT2D eigenvalue weighted by Crippen LogP contribution is 2.47. The molecular formula is C28H43F6N5O2. The van der Waals surface area contributed by atoms with Crippen molar-refractivity contribution >= 4 is 11.9 Å². The first-order valence-electron chi connectivity index (χ1n) is 15.4. The van der Waals surface area contributed by atoms with Crippen LogP contribution >= 0.6 is 0 Å². The summed E-state index contributed by atoms with van der Waals surface area (Å²) in [7, 11) is 0. The van der Waals surface area contributed by atoms with Gasteiger partial charge in [0.1, 0.15) is 6.17 Å². The van der Waals surface area contributed by atoms with Gasteiger partial charge in [-0.1, -0.05) is 19.3 Å². The molecule has 234 valence electrons. The van der Waals surface area contributed by atoms with E-state index in [9.17, 15) is 35.9 Å². The molecule has 3 amide bonds. The van der Waals surface area contributed by atoms with Crippen LogP contribution in [-0.4, -0.2) is 84.6 Å². The number of fused-ring (bicyclic) bond motifs is 1. The molecule has 13 heteroatoms. The Hall–Kier alpha value is -1.76. The van der Waals surface area contributed by atoms with E-state index < -0.39 is 55.4 Å². The van der Waals surface area contributed by atoms with Crippen LogP contribution in [0.2, 0.25) is 0 Å². The first-order chi connectivity index (χ1) is 19.4. The van der Waals surface area contributed by atoms with Gasteiger partial charge in [-0.25, -0.2) is 4.79 Å². The predicted molar refractivity (Wildman–Crippen MR) is 140 cm³/mol. The minimum absolute atomic E-state index is 0.0261. The lowest BCUT2D eigenvalue weighted by atomic mass is 9.74. The Morgan fingerprint density at radius 3 is 2.12 bits per heavy atom. The van der Waals surface area contributed by atoms with Gasteiger partial charge in [0.2, 0.25) is 5.91 Å². The number of likely N-dealkylation sites (tertiary alicyclic amines) is 1. The van der Waals surface area contributed by atoms with Gasteiger partial charge >= 0.3 is 18.4 Å². The van der Waals surface area contributed by atoms with E-state index in [0.29, 0.717) is 25.9 Å². The number of alkyl halides is 6. The van der Waals surface area contributed by atoms with Crippen LogP contribution in [0.1, 0.15) is 77.0 Å². The van der Waals surface area contributed by atoms with Gasteiger partial charge in [0.05, 0.1) is 23.9 Å². The van der Waals surface area contributed by atoms with Gasteiger partial charge in [-0.2, -0.15) is 26.3 Å². The van der Waals surface area contributed by atoms with Crippen molar-refractivity contribution in [2.75, 3.05) is 26.2 Å². The Kier molecular flexibility index (Phi) is 9.33. The Bertz CT molecular complexity index is 897. The van der Waals surface area contributed by atoms with Crippen LogP contribution in [-0.2, 0) is 4.79 Å². The quantitative estimate of drug-likeness (QED) is 0.387. The molecular weight excluding hydrogens is 552 g/mol. The topological polar surface area (TPSA) is 76.7 Å². The standard InChI is InChI=1S/C28H43F6N5O2/c29-27(30,31)19-13-17(14-20(15-19)28(32,33)34)16-36-25(40)23(18-5-2-1-3-6-18)38-11-8-21(9-12-38)39-24-22(37-26(39)41)7-4-10-35-24/h17-24,35H,1-16H2,(H,36,40)(H,37,41). The first-order valence-corrected chi connectivity index (χ1v) is 15.4. The lowest BCUT2D eigenvalue weighted by Crippen LogP contribution is -2.59. The number of carbonyl (C=O) groups excluding carboxylic acids is 2. The minimum Gasteiger partial charge on any atom is -0.354 e. The molecule has 5 atom stereocenters. The van der Waals surface area contributed by atoms with Crippen LogP contribution in [0.25, 0.3) is 0 Å². The third kappa shape index (κ3) is 7.08. The third-order valence-corrected chi connectivity index (χ3v) is 10.2. The highest BCUT2D eigenvalue weighted by atomic mass is 19.4. The van der Waals surface area contributed by atoms with E-state index >= 15 is 0 Å². The Morgan fingerprint density at radius 1 is 0.878 bits per heavy atom. The van der Waals surface area contributed by atoms with Crippen molar-refractivity contribution in [2.45, 2.75) is 114 Å². The lowest BCUT2D eigenvalue weighted by molar-refractivity contribution is -0.228. The number of nitrogens with one attached hydrogen (secondary N) is 3. The number of piperidine rings is 2. The molecule has 41 heavy (non-hydrogen) atoms. The number of urea groups is 1. The molecule has 3 heterocycles. The van der Waals surface area contributed by atoms with Crippen molar-refractivity contribution < 1.29 is 35.9 Å². The maximum absolute atomic E-state index is 13.6. The summed E-state index contributed by atoms with van der Waals surface area (Å²) in [5, 5.41) is 9.35. The SMILES string of the molecule is O=C(NCC1CC(C(F)(F)F)CC(C(F)(F)F)C1)C(C1CCCCC1)N1CCC(N2C(=O)NC3CCCNC32)CC1. The van der Waals surface area contributed by atoms with E-state index in [1.807, 2.05) is 4.90 Å². The van der Waals surface area contributed by atoms with E-state index in [1.165, 1.54) is 0 Å². The number of halogens is 6. The third-order valence-electron chi connectivity index (χ3n) is 10.2. The first kappa shape index (κ1) is 30.7. The molecule has 5 unspecified atom stereocenters. The highest BCUT2D eigenvalue weighted by Gasteiger charge is 2.52. The molecule has 2 aliphatic carbocycles. The minimum atomic E-state index is -4.69. The average molecular weight is 596 g/mol. The van der Waals surface area contributed by atoms with Gasteiger partial charge in [-0.3, -0.25) is 15.0 Å². The number of hydrogen-bond acceptors (Lipinski definition) is 4. The van der Waals surface area contributed by atoms with Gasteiger partial charge < -0.3 is 15.5 Å². The maximum Gasteiger partial charge on any atom is 0.391 e. The number of rotatable bonds is 6. The Balaban J connectivity index is 1.22. The van der Waals surface area contributed by atoms with Gasteiger partial charge in [-0.05, 0) is 76.2 Å². The molecule has 3 N–H and O–H groups in total. The molecule has 5 aliphatic rings. The van der Waals surface area contributed by atoms with E-state index in [2.05, 4.69) is 20.9 Å². The number of nitrogens with zero attached hydrogens (tertiary/aromatic N) is 2. The molecule has 5 fully saturated rings. The van der Waals surface area contributed by atoms with Crippen molar-refractivity contribution in [3.05, 3.63) is 0 Å². The van der Waals surface area contributed by atoms with Crippen LogP contribution in [0.15, 0.2) is 0 Å². The predicted octanol–water partition coefficient (Wildman–Crippen LogP) is 4.78. The summed E-state index contributed by atoms with van der Waals surface area (Å²) in [4.78, 5) is 30.5. The van der Waals surface area contributed by atoms with Gasteiger partial charge in [-0.15, -0.1) is 0 Å². The largest absolute Gasteiger partial charge is 0.391 e. The van der Waals surface area contributed by atoms with Crippen LogP contribution in [0, 0.1) is 23.7 Å². The van der Waals surface area contributed by atoms with Crippen molar-refractivity contribution in [1.82, 2.24) is 25.8 Å². The zero-order valence-corrected chi connectivity index (χ0v) is 23.4. The normalized spacial score (nSPS) is 33.8. The molecule has 5 rings (SSSR count). The number of amides is 3. The summed E-state index contributed by atoms with van der Waals surface area (Å²) >= 11 is 0. The van der Waals surface area contributed by atoms with Crippen molar-refractivity contribution in [3.8, 4) is 0 Å². The molecule has 0 aromatic carbocycles. The van der Waals surface area contributed by atoms with E-state index in [0.717, 1.165) is 51.5 Å². The van der Waals surface area contributed by atoms with Gasteiger partial charge in [0.25, 0.3) is 0 Å². The zero-order valence-electron chi connectivity index (χ0n) is 23.4. The van der Waals surface area contributed by atoms with Crippen LogP contribution in [0.3, 0.4) is 0 Å². The molecule has 0 aromatic heterocycles. The molecule has 7 nitrogen and oxygen atoms in total. The second-order valence-electron chi connectivity index (χ2n) is 12.9. The summed E-state index contributed by atoms with van der Waals surface area (Å²) in [5.74, 6) is -5.11. The van der Waals surface area contributed by atoms with Crippen LogP contribution in [0.5, 0.6) is 0 Å². The molecule has 2 saturated carbocycles. The van der Waals surface area contributed by atoms with Crippen molar-refractivity contribution in [2.24, 2.45) is 23.7 Å². The highest BCUT2D eigenvalue weighted by molar-refractivity contribution is 5.82. The van der Waals surface area contributed by atoms with Crippen LogP contribution in [0.4, 0.5) is 31.1 Å². The summed E-state index contributed by atoms with van der Waals surface area (Å²) in [6.45, 7) is 1.90. The lowest BCUT2D eigenvalue weighted by Gasteiger charge is -2.44. The summed E-state index contributed by atoms with van der Waals surface area (Å²) in [6, 6.07) is -0.382. The molecule has 3 saturated heterocycles. The molecule has 0 radical (unpaired) electrons. The Morgan fingerprint density at radius 2 is 1.51 bits per heavy atom. The van der Waals surface area contributed by atoms with E-state index in [4.69, 9.17) is 0 Å². The van der Waals surface area contributed by atoms with Gasteiger partial charge in [0, 0.05) is 25.7 Å². The average Bonchev–Trinajstić information content (AvgIpc) is 3.27. The number of carbonyl (C=O) groups is 2. The van der Waals surface area contributed by atoms with Crippen LogP contribution < -0.4 is 16.0 Å². The Labute approximate surface area is 237 Å². The van der Waals surface area contributed by atoms with E-state index in [-0.39, 0.29) is 42.7 Å². The summed E-state index contributed by atoms with van der Waals surface area (Å²) < 4.78 is 80.7. The van der Waals surface area contributed by atoms with Crippen molar-refractivity contribution in [1.29, 1.82) is 0 Å². The number of hydrogen-bond donors (Lipinski definition) is 3. The maximum atomic E-state index is 13.6. The second kappa shape index (κ2) is 12.5. The molecule has 0 bridgehead atoms. The van der Waals surface area contributed by atoms with E-state index in [1.54, 1.807) is 0 Å². The summed E-state index contributed by atoms with van der Waals surface area (Å²) in [5.41, 5.74) is 0. The second-order valence-corrected chi connectivity index (χ2v) is 12.9. The summed E-state index contributed by atoms with van der Waals surface area (Å²) in [6.07, 6.45) is -2.96. The van der Waals surface area contributed by atoms with Gasteiger partial charge in [0.15, 0.2) is 0 Å². The fourth-order valence-electron chi connectivity index (χ4n) is 8.13. The van der Waals surface area contributed by atoms with Crippen molar-refractivity contribution in [3.63, 3.8) is 0 Å². The smallest absolute Gasteiger partial charge is 0.354 e. The fourth-order valence-corrected chi connectivity index (χ4v) is 8.13. The molecule has 0 spiro atoms. The fraction of sp³-hybridized carbons (Fsp3) is 0.929. The monoisotopic (exact) mass is 595 g/mol. The zero-order chi connectivity index (χ0) is 29.4. The molecule has 0 aromatic rings. The molecule has 3 aliphatic heterocycles.